The van der Waals surface area contributed by atoms with Crippen LogP contribution in [0.25, 0.3) is 10.9 Å². The fourth-order valence-corrected chi connectivity index (χ4v) is 2.32. The van der Waals surface area contributed by atoms with Crippen LogP contribution in [0.4, 0.5) is 5.69 Å². The molecule has 3 rings (SSSR count). The minimum absolute atomic E-state index is 0. The fourth-order valence-electron chi connectivity index (χ4n) is 2.32. The molecular weight excluding hydrogens is 317 g/mol. The second-order valence-electron chi connectivity index (χ2n) is 5.05. The standard InChI is InChI=1S/C17H17N3.2ClH/c1-12-5-6-16-15(8-12)17(9-13(2)20-16)19-11-14-4-3-7-18-10-14;;/h3-10H,11H2,1-2H3,(H,19,20);2*1H/p-2. The molecule has 22 heavy (non-hydrogen) atoms. The van der Waals surface area contributed by atoms with Crippen molar-refractivity contribution < 1.29 is 24.8 Å². The van der Waals surface area contributed by atoms with Crippen molar-refractivity contribution >= 4 is 16.6 Å². The maximum atomic E-state index is 4.58. The van der Waals surface area contributed by atoms with Gasteiger partial charge in [0.05, 0.1) is 5.52 Å². The van der Waals surface area contributed by atoms with E-state index in [0.29, 0.717) is 0 Å². The Balaban J connectivity index is 0.00000121. The summed E-state index contributed by atoms with van der Waals surface area (Å²) in [5, 5.41) is 4.66. The van der Waals surface area contributed by atoms with E-state index in [9.17, 15) is 0 Å². The first-order valence-electron chi connectivity index (χ1n) is 6.73. The van der Waals surface area contributed by atoms with E-state index in [4.69, 9.17) is 0 Å². The Morgan fingerprint density at radius 1 is 1.05 bits per heavy atom. The molecule has 0 unspecified atom stereocenters. The van der Waals surface area contributed by atoms with Crippen molar-refractivity contribution in [1.29, 1.82) is 0 Å². The summed E-state index contributed by atoms with van der Waals surface area (Å²) >= 11 is 0. The van der Waals surface area contributed by atoms with Crippen LogP contribution < -0.4 is 30.1 Å². The number of pyridine rings is 2. The lowest BCUT2D eigenvalue weighted by atomic mass is 10.1. The monoisotopic (exact) mass is 333 g/mol. The number of nitrogens with zero attached hydrogens (tertiary/aromatic N) is 2. The van der Waals surface area contributed by atoms with Gasteiger partial charge in [0.2, 0.25) is 0 Å². The molecule has 2 heterocycles. The number of anilines is 1. The Morgan fingerprint density at radius 2 is 1.86 bits per heavy atom. The van der Waals surface area contributed by atoms with Crippen molar-refractivity contribution in [1.82, 2.24) is 9.97 Å². The lowest BCUT2D eigenvalue weighted by molar-refractivity contribution is -0.00100. The van der Waals surface area contributed by atoms with Gasteiger partial charge in [0, 0.05) is 35.7 Å². The SMILES string of the molecule is Cc1ccc2nc(C)cc(NCc3cccnc3)c2c1.[Cl-].[Cl-]. The van der Waals surface area contributed by atoms with Crippen molar-refractivity contribution in [2.45, 2.75) is 20.4 Å². The molecule has 5 heteroatoms. The number of hydrogen-bond acceptors (Lipinski definition) is 3. The number of nitrogens with one attached hydrogen (secondary N) is 1. The largest absolute Gasteiger partial charge is 1.00 e. The molecule has 0 radical (unpaired) electrons. The molecule has 0 saturated heterocycles. The highest BCUT2D eigenvalue weighted by atomic mass is 35.5. The molecule has 1 aromatic carbocycles. The quantitative estimate of drug-likeness (QED) is 0.595. The summed E-state index contributed by atoms with van der Waals surface area (Å²) in [5.41, 5.74) is 5.59. The predicted octanol–water partition coefficient (Wildman–Crippen LogP) is -2.13. The zero-order valence-electron chi connectivity index (χ0n) is 12.5. The molecule has 0 aliphatic carbocycles. The Morgan fingerprint density at radius 3 is 2.59 bits per heavy atom. The predicted molar refractivity (Wildman–Crippen MR) is 82.8 cm³/mol. The number of rotatable bonds is 3. The molecule has 0 fully saturated rings. The van der Waals surface area contributed by atoms with Gasteiger partial charge in [-0.05, 0) is 43.7 Å². The van der Waals surface area contributed by atoms with Crippen molar-refractivity contribution in [3.8, 4) is 0 Å². The second-order valence-corrected chi connectivity index (χ2v) is 5.05. The second kappa shape index (κ2) is 7.97. The summed E-state index contributed by atoms with van der Waals surface area (Å²) in [7, 11) is 0. The summed E-state index contributed by atoms with van der Waals surface area (Å²) in [4.78, 5) is 8.72. The number of halogens is 2. The highest BCUT2D eigenvalue weighted by Gasteiger charge is 2.04. The maximum absolute atomic E-state index is 4.58. The average molecular weight is 334 g/mol. The van der Waals surface area contributed by atoms with Crippen LogP contribution in [0.3, 0.4) is 0 Å². The van der Waals surface area contributed by atoms with Crippen LogP contribution in [0.2, 0.25) is 0 Å². The Kier molecular flexibility index (Phi) is 6.60. The molecule has 0 saturated carbocycles. The molecule has 0 aliphatic rings. The maximum Gasteiger partial charge on any atom is 0.0726 e. The Bertz CT molecular complexity index is 745. The van der Waals surface area contributed by atoms with Gasteiger partial charge in [-0.15, -0.1) is 0 Å². The fraction of sp³-hybridized carbons (Fsp3) is 0.176. The molecule has 3 aromatic rings. The number of benzene rings is 1. The van der Waals surface area contributed by atoms with Gasteiger partial charge in [-0.2, -0.15) is 0 Å². The lowest BCUT2D eigenvalue weighted by Gasteiger charge is -2.11. The van der Waals surface area contributed by atoms with Gasteiger partial charge in [0.15, 0.2) is 0 Å². The van der Waals surface area contributed by atoms with Crippen molar-refractivity contribution in [3.05, 3.63) is 65.6 Å². The molecule has 1 N–H and O–H groups in total. The van der Waals surface area contributed by atoms with Crippen molar-refractivity contribution in [3.63, 3.8) is 0 Å². The molecule has 0 amide bonds. The van der Waals surface area contributed by atoms with E-state index >= 15 is 0 Å². The van der Waals surface area contributed by atoms with Gasteiger partial charge in [-0.1, -0.05) is 17.7 Å². The third-order valence-corrected chi connectivity index (χ3v) is 3.30. The summed E-state index contributed by atoms with van der Waals surface area (Å²) < 4.78 is 0. The third-order valence-electron chi connectivity index (χ3n) is 3.30. The molecule has 0 aliphatic heterocycles. The Labute approximate surface area is 143 Å². The smallest absolute Gasteiger partial charge is 0.0726 e. The van der Waals surface area contributed by atoms with Crippen LogP contribution >= 0.6 is 0 Å². The van der Waals surface area contributed by atoms with Crippen LogP contribution in [0.15, 0.2) is 48.8 Å². The van der Waals surface area contributed by atoms with Crippen molar-refractivity contribution in [2.24, 2.45) is 0 Å². The van der Waals surface area contributed by atoms with E-state index < -0.39 is 0 Å². The first-order valence-corrected chi connectivity index (χ1v) is 6.73. The number of fused-ring (bicyclic) bond motifs is 1. The number of aromatic nitrogens is 2. The van der Waals surface area contributed by atoms with Gasteiger partial charge in [0.25, 0.3) is 0 Å². The van der Waals surface area contributed by atoms with E-state index in [0.717, 1.165) is 23.4 Å². The van der Waals surface area contributed by atoms with Gasteiger partial charge < -0.3 is 30.1 Å². The van der Waals surface area contributed by atoms with Crippen LogP contribution in [-0.2, 0) is 6.54 Å². The molecule has 2 aromatic heterocycles. The average Bonchev–Trinajstić information content (AvgIpc) is 2.46. The van der Waals surface area contributed by atoms with Crippen LogP contribution in [0.5, 0.6) is 0 Å². The van der Waals surface area contributed by atoms with Gasteiger partial charge >= 0.3 is 0 Å². The van der Waals surface area contributed by atoms with Crippen LogP contribution in [-0.4, -0.2) is 9.97 Å². The summed E-state index contributed by atoms with van der Waals surface area (Å²) in [6.07, 6.45) is 3.67. The lowest BCUT2D eigenvalue weighted by Crippen LogP contribution is -3.00. The molecule has 0 atom stereocenters. The topological polar surface area (TPSA) is 37.8 Å². The van der Waals surface area contributed by atoms with E-state index in [2.05, 4.69) is 52.5 Å². The van der Waals surface area contributed by atoms with E-state index in [1.807, 2.05) is 19.2 Å². The highest BCUT2D eigenvalue weighted by molar-refractivity contribution is 5.91. The summed E-state index contributed by atoms with van der Waals surface area (Å²) in [6.45, 7) is 4.89. The Hall–Kier alpha value is -1.84. The molecule has 116 valence electrons. The minimum atomic E-state index is 0. The summed E-state index contributed by atoms with van der Waals surface area (Å²) in [6, 6.07) is 12.5. The van der Waals surface area contributed by atoms with E-state index in [-0.39, 0.29) is 24.8 Å². The van der Waals surface area contributed by atoms with Gasteiger partial charge in [0.1, 0.15) is 0 Å². The number of hydrogen-bond donors (Lipinski definition) is 1. The molecule has 3 nitrogen and oxygen atoms in total. The van der Waals surface area contributed by atoms with Gasteiger partial charge in [-0.3, -0.25) is 9.97 Å². The molecule has 0 bridgehead atoms. The highest BCUT2D eigenvalue weighted by Crippen LogP contribution is 2.24. The summed E-state index contributed by atoms with van der Waals surface area (Å²) in [5.74, 6) is 0. The van der Waals surface area contributed by atoms with E-state index in [1.165, 1.54) is 16.5 Å². The minimum Gasteiger partial charge on any atom is -1.00 e. The zero-order valence-corrected chi connectivity index (χ0v) is 14.0. The molecule has 0 spiro atoms. The van der Waals surface area contributed by atoms with Crippen molar-refractivity contribution in [2.75, 3.05) is 5.32 Å². The van der Waals surface area contributed by atoms with Crippen LogP contribution in [0, 0.1) is 13.8 Å². The first-order chi connectivity index (χ1) is 9.72. The first kappa shape index (κ1) is 18.2. The number of aryl methyl sites for hydroxylation is 2. The normalized spacial score (nSPS) is 9.73. The zero-order chi connectivity index (χ0) is 13.9. The third kappa shape index (κ3) is 4.09. The van der Waals surface area contributed by atoms with Crippen LogP contribution in [0.1, 0.15) is 16.8 Å². The van der Waals surface area contributed by atoms with E-state index in [1.54, 1.807) is 6.20 Å². The molecular formula is C17H17Cl2N3-2. The van der Waals surface area contributed by atoms with Gasteiger partial charge in [-0.25, -0.2) is 0 Å².